The van der Waals surface area contributed by atoms with Gasteiger partial charge < -0.3 is 5.11 Å². The molecule has 1 aliphatic rings. The van der Waals surface area contributed by atoms with Gasteiger partial charge in [-0.3, -0.25) is 4.79 Å². The van der Waals surface area contributed by atoms with E-state index in [2.05, 4.69) is 0 Å². The molecule has 3 heteroatoms. The molecule has 1 atom stereocenters. The van der Waals surface area contributed by atoms with E-state index < -0.39 is 11.4 Å². The number of nitriles is 1. The molecule has 0 saturated carbocycles. The molecule has 2 rings (SSSR count). The fraction of sp³-hybridized carbons (Fsp3) is 0.167. The van der Waals surface area contributed by atoms with E-state index >= 15 is 0 Å². The van der Waals surface area contributed by atoms with Crippen molar-refractivity contribution in [2.45, 2.75) is 12.0 Å². The lowest BCUT2D eigenvalue weighted by molar-refractivity contribution is -0.132. The molecule has 0 saturated heterocycles. The van der Waals surface area contributed by atoms with E-state index in [1.165, 1.54) is 6.08 Å². The molecule has 0 aliphatic heterocycles. The van der Waals surface area contributed by atoms with E-state index in [0.29, 0.717) is 5.56 Å². The van der Waals surface area contributed by atoms with Gasteiger partial charge >= 0.3 is 0 Å². The number of carbonyl (C=O) groups is 1. The molecule has 1 unspecified atom stereocenters. The molecule has 0 bridgehead atoms. The van der Waals surface area contributed by atoms with Crippen LogP contribution in [0.3, 0.4) is 0 Å². The molecule has 0 fully saturated rings. The number of aliphatic hydroxyl groups is 1. The van der Waals surface area contributed by atoms with Crippen LogP contribution in [-0.2, 0) is 10.4 Å². The van der Waals surface area contributed by atoms with Gasteiger partial charge in [-0.25, -0.2) is 0 Å². The van der Waals surface area contributed by atoms with Gasteiger partial charge in [-0.1, -0.05) is 30.3 Å². The molecule has 0 aromatic heterocycles. The minimum absolute atomic E-state index is 0.215. The standard InChI is InChI=1S/C12H9NO2/c13-8-7-12(15)10-4-2-1-3-9(10)5-6-11(12)14/h1-6,15H,7H2. The largest absolute Gasteiger partial charge is 0.376 e. The molecular weight excluding hydrogens is 190 g/mol. The van der Waals surface area contributed by atoms with Crippen molar-refractivity contribution in [3.05, 3.63) is 41.5 Å². The predicted octanol–water partition coefficient (Wildman–Crippen LogP) is 1.38. The predicted molar refractivity (Wildman–Crippen MR) is 54.6 cm³/mol. The third kappa shape index (κ3) is 1.36. The second-order valence-corrected chi connectivity index (χ2v) is 3.48. The third-order valence-corrected chi connectivity index (χ3v) is 2.56. The zero-order valence-corrected chi connectivity index (χ0v) is 7.97. The lowest BCUT2D eigenvalue weighted by Gasteiger charge is -2.27. The van der Waals surface area contributed by atoms with Crippen molar-refractivity contribution >= 4 is 11.9 Å². The van der Waals surface area contributed by atoms with Gasteiger partial charge in [-0.05, 0) is 17.2 Å². The first-order valence-electron chi connectivity index (χ1n) is 4.60. The number of benzene rings is 1. The van der Waals surface area contributed by atoms with Gasteiger partial charge in [0, 0.05) is 0 Å². The van der Waals surface area contributed by atoms with Crippen LogP contribution in [0.5, 0.6) is 0 Å². The molecule has 0 radical (unpaired) electrons. The number of carbonyl (C=O) groups excluding carboxylic acids is 1. The summed E-state index contributed by atoms with van der Waals surface area (Å²) in [5.41, 5.74) is -0.367. The number of hydrogen-bond acceptors (Lipinski definition) is 3. The smallest absolute Gasteiger partial charge is 0.192 e. The van der Waals surface area contributed by atoms with Crippen LogP contribution in [0.4, 0.5) is 0 Å². The summed E-state index contributed by atoms with van der Waals surface area (Å²) in [5, 5.41) is 18.8. The van der Waals surface area contributed by atoms with Crippen LogP contribution in [0.1, 0.15) is 17.5 Å². The summed E-state index contributed by atoms with van der Waals surface area (Å²) >= 11 is 0. The topological polar surface area (TPSA) is 61.1 Å². The first kappa shape index (κ1) is 9.63. The first-order chi connectivity index (χ1) is 7.18. The highest BCUT2D eigenvalue weighted by Crippen LogP contribution is 2.33. The van der Waals surface area contributed by atoms with Crippen LogP contribution in [0.2, 0.25) is 0 Å². The van der Waals surface area contributed by atoms with Gasteiger partial charge in [0.1, 0.15) is 0 Å². The average molecular weight is 199 g/mol. The highest BCUT2D eigenvalue weighted by atomic mass is 16.3. The maximum Gasteiger partial charge on any atom is 0.192 e. The Morgan fingerprint density at radius 2 is 2.07 bits per heavy atom. The molecule has 0 spiro atoms. The fourth-order valence-corrected chi connectivity index (χ4v) is 1.75. The van der Waals surface area contributed by atoms with E-state index in [9.17, 15) is 9.90 Å². The highest BCUT2D eigenvalue weighted by molar-refractivity contribution is 6.03. The van der Waals surface area contributed by atoms with Crippen molar-refractivity contribution < 1.29 is 9.90 Å². The minimum atomic E-state index is -1.67. The van der Waals surface area contributed by atoms with Crippen molar-refractivity contribution in [1.82, 2.24) is 0 Å². The summed E-state index contributed by atoms with van der Waals surface area (Å²) in [6, 6.07) is 8.89. The minimum Gasteiger partial charge on any atom is -0.376 e. The summed E-state index contributed by atoms with van der Waals surface area (Å²) in [5.74, 6) is -0.428. The molecule has 3 nitrogen and oxygen atoms in total. The zero-order chi connectivity index (χ0) is 10.9. The van der Waals surface area contributed by atoms with Gasteiger partial charge in [-0.2, -0.15) is 5.26 Å². The number of ketones is 1. The average Bonchev–Trinajstić information content (AvgIpc) is 2.25. The van der Waals surface area contributed by atoms with Crippen molar-refractivity contribution in [3.8, 4) is 6.07 Å². The van der Waals surface area contributed by atoms with Crippen molar-refractivity contribution in [2.75, 3.05) is 0 Å². The molecular formula is C12H9NO2. The quantitative estimate of drug-likeness (QED) is 0.743. The molecule has 1 aromatic rings. The lowest BCUT2D eigenvalue weighted by atomic mass is 9.80. The van der Waals surface area contributed by atoms with Crippen LogP contribution in [-0.4, -0.2) is 10.9 Å². The van der Waals surface area contributed by atoms with Crippen LogP contribution in [0.25, 0.3) is 6.08 Å². The normalized spacial score (nSPS) is 23.3. The second-order valence-electron chi connectivity index (χ2n) is 3.48. The Bertz CT molecular complexity index is 485. The Balaban J connectivity index is 2.62. The van der Waals surface area contributed by atoms with Crippen molar-refractivity contribution in [1.29, 1.82) is 5.26 Å². The van der Waals surface area contributed by atoms with E-state index in [4.69, 9.17) is 5.26 Å². The number of hydrogen-bond donors (Lipinski definition) is 1. The summed E-state index contributed by atoms with van der Waals surface area (Å²) < 4.78 is 0. The summed E-state index contributed by atoms with van der Waals surface area (Å²) in [6.07, 6.45) is 2.76. The van der Waals surface area contributed by atoms with Gasteiger partial charge in [0.15, 0.2) is 11.4 Å². The molecule has 1 aromatic carbocycles. The van der Waals surface area contributed by atoms with Gasteiger partial charge in [0.25, 0.3) is 0 Å². The molecule has 1 N–H and O–H groups in total. The second kappa shape index (κ2) is 3.34. The van der Waals surface area contributed by atoms with Crippen LogP contribution in [0, 0.1) is 11.3 Å². The van der Waals surface area contributed by atoms with Crippen molar-refractivity contribution in [3.63, 3.8) is 0 Å². The third-order valence-electron chi connectivity index (χ3n) is 2.56. The summed E-state index contributed by atoms with van der Waals surface area (Å²) in [7, 11) is 0. The van der Waals surface area contributed by atoms with Crippen LogP contribution < -0.4 is 0 Å². The SMILES string of the molecule is N#CCC1(O)C(=O)C=Cc2ccccc21. The van der Waals surface area contributed by atoms with Crippen LogP contribution >= 0.6 is 0 Å². The maximum atomic E-state index is 11.6. The Hall–Kier alpha value is -1.92. The van der Waals surface area contributed by atoms with Crippen molar-refractivity contribution in [2.24, 2.45) is 0 Å². The van der Waals surface area contributed by atoms with Gasteiger partial charge in [0.2, 0.25) is 0 Å². The van der Waals surface area contributed by atoms with E-state index in [0.717, 1.165) is 5.56 Å². The zero-order valence-electron chi connectivity index (χ0n) is 7.97. The van der Waals surface area contributed by atoms with E-state index in [1.54, 1.807) is 24.3 Å². The Kier molecular flexibility index (Phi) is 2.14. The Labute approximate surface area is 87.3 Å². The Morgan fingerprint density at radius 3 is 2.80 bits per heavy atom. The molecule has 74 valence electrons. The highest BCUT2D eigenvalue weighted by Gasteiger charge is 2.39. The summed E-state index contributed by atoms with van der Waals surface area (Å²) in [4.78, 5) is 11.6. The number of fused-ring (bicyclic) bond motifs is 1. The first-order valence-corrected chi connectivity index (χ1v) is 4.60. The number of rotatable bonds is 1. The van der Waals surface area contributed by atoms with E-state index in [-0.39, 0.29) is 6.42 Å². The van der Waals surface area contributed by atoms with Gasteiger partial charge in [0.05, 0.1) is 12.5 Å². The Morgan fingerprint density at radius 1 is 1.33 bits per heavy atom. The molecule has 1 aliphatic carbocycles. The molecule has 0 amide bonds. The maximum absolute atomic E-state index is 11.6. The molecule has 15 heavy (non-hydrogen) atoms. The molecule has 0 heterocycles. The fourth-order valence-electron chi connectivity index (χ4n) is 1.75. The summed E-state index contributed by atoms with van der Waals surface area (Å²) in [6.45, 7) is 0. The monoisotopic (exact) mass is 199 g/mol. The number of nitrogens with zero attached hydrogens (tertiary/aromatic N) is 1. The van der Waals surface area contributed by atoms with Crippen LogP contribution in [0.15, 0.2) is 30.3 Å². The van der Waals surface area contributed by atoms with E-state index in [1.807, 2.05) is 12.1 Å². The van der Waals surface area contributed by atoms with Gasteiger partial charge in [-0.15, -0.1) is 0 Å². The lowest BCUT2D eigenvalue weighted by Crippen LogP contribution is -2.36.